The zero-order chi connectivity index (χ0) is 18.5. The third-order valence-electron chi connectivity index (χ3n) is 5.46. The first-order valence-corrected chi connectivity index (χ1v) is 9.01. The van der Waals surface area contributed by atoms with Gasteiger partial charge in [0.05, 0.1) is 6.61 Å². The Labute approximate surface area is 152 Å². The molecule has 0 aliphatic carbocycles. The molecule has 0 amide bonds. The van der Waals surface area contributed by atoms with E-state index in [1.165, 1.54) is 5.56 Å². The van der Waals surface area contributed by atoms with Crippen molar-refractivity contribution in [3.63, 3.8) is 0 Å². The van der Waals surface area contributed by atoms with Gasteiger partial charge in [-0.1, -0.05) is 26.0 Å². The molecule has 1 N–H and O–H groups in total. The third kappa shape index (κ3) is 4.46. The molecule has 0 atom stereocenters. The largest absolute Gasteiger partial charge is 0.493 e. The molecule has 0 unspecified atom stereocenters. The van der Waals surface area contributed by atoms with Crippen LogP contribution in [0.4, 0.5) is 0 Å². The number of methoxy groups -OCH3 is 1. The van der Waals surface area contributed by atoms with Gasteiger partial charge in [0.15, 0.2) is 5.96 Å². The number of ether oxygens (including phenoxy) is 2. The first-order valence-electron chi connectivity index (χ1n) is 9.01. The standard InChI is InChI=1S/C20H33N3O2/c1-19(2)15-23(20(19,3)4)18(21-5)22-14-16-9-7-10-17(13-16)25-12-8-11-24-6/h7,9-10,13H,8,11-12,14-15H2,1-6H3,(H,21,22). The second kappa shape index (κ2) is 8.09. The Bertz CT molecular complexity index is 596. The van der Waals surface area contributed by atoms with E-state index in [0.717, 1.165) is 37.8 Å². The number of benzene rings is 1. The van der Waals surface area contributed by atoms with Crippen LogP contribution in [0.25, 0.3) is 0 Å². The number of nitrogens with zero attached hydrogens (tertiary/aromatic N) is 2. The Morgan fingerprint density at radius 1 is 1.24 bits per heavy atom. The molecule has 1 aliphatic heterocycles. The highest BCUT2D eigenvalue weighted by molar-refractivity contribution is 5.82. The zero-order valence-corrected chi connectivity index (χ0v) is 16.6. The molecule has 140 valence electrons. The topological polar surface area (TPSA) is 46.1 Å². The molecule has 0 radical (unpaired) electrons. The van der Waals surface area contributed by atoms with Gasteiger partial charge in [-0.05, 0) is 31.5 Å². The number of guanidine groups is 1. The summed E-state index contributed by atoms with van der Waals surface area (Å²) in [6.07, 6.45) is 0.894. The molecule has 1 saturated heterocycles. The fraction of sp³-hybridized carbons (Fsp3) is 0.650. The van der Waals surface area contributed by atoms with Gasteiger partial charge in [0.25, 0.3) is 0 Å². The number of likely N-dealkylation sites (tertiary alicyclic amines) is 1. The molecule has 5 nitrogen and oxygen atoms in total. The zero-order valence-electron chi connectivity index (χ0n) is 16.6. The molecule has 0 bridgehead atoms. The van der Waals surface area contributed by atoms with E-state index in [9.17, 15) is 0 Å². The van der Waals surface area contributed by atoms with Gasteiger partial charge in [0.1, 0.15) is 5.75 Å². The van der Waals surface area contributed by atoms with Crippen LogP contribution in [0, 0.1) is 5.41 Å². The summed E-state index contributed by atoms with van der Waals surface area (Å²) in [6, 6.07) is 8.21. The normalized spacial score (nSPS) is 18.6. The van der Waals surface area contributed by atoms with Crippen LogP contribution in [0.15, 0.2) is 29.3 Å². The summed E-state index contributed by atoms with van der Waals surface area (Å²) in [4.78, 5) is 6.81. The summed E-state index contributed by atoms with van der Waals surface area (Å²) < 4.78 is 10.8. The smallest absolute Gasteiger partial charge is 0.194 e. The molecule has 25 heavy (non-hydrogen) atoms. The van der Waals surface area contributed by atoms with E-state index in [-0.39, 0.29) is 5.54 Å². The van der Waals surface area contributed by atoms with Crippen molar-refractivity contribution in [2.45, 2.75) is 46.2 Å². The molecule has 1 aliphatic rings. The van der Waals surface area contributed by atoms with Gasteiger partial charge in [-0.3, -0.25) is 4.99 Å². The number of nitrogens with one attached hydrogen (secondary N) is 1. The average Bonchev–Trinajstić information content (AvgIpc) is 2.58. The summed E-state index contributed by atoms with van der Waals surface area (Å²) in [6.45, 7) is 12.3. The lowest BCUT2D eigenvalue weighted by Crippen LogP contribution is -2.72. The van der Waals surface area contributed by atoms with E-state index < -0.39 is 0 Å². The van der Waals surface area contributed by atoms with Crippen molar-refractivity contribution in [3.05, 3.63) is 29.8 Å². The second-order valence-electron chi connectivity index (χ2n) is 7.77. The Balaban J connectivity index is 1.90. The van der Waals surface area contributed by atoms with Crippen LogP contribution in [0.2, 0.25) is 0 Å². The van der Waals surface area contributed by atoms with Crippen molar-refractivity contribution in [1.29, 1.82) is 0 Å². The Morgan fingerprint density at radius 3 is 2.60 bits per heavy atom. The first-order chi connectivity index (χ1) is 11.8. The summed E-state index contributed by atoms with van der Waals surface area (Å²) in [5, 5.41) is 3.49. The van der Waals surface area contributed by atoms with Gasteiger partial charge in [-0.2, -0.15) is 0 Å². The highest BCUT2D eigenvalue weighted by atomic mass is 16.5. The summed E-state index contributed by atoms with van der Waals surface area (Å²) >= 11 is 0. The van der Waals surface area contributed by atoms with Crippen LogP contribution in [-0.2, 0) is 11.3 Å². The van der Waals surface area contributed by atoms with Crippen molar-refractivity contribution in [2.75, 3.05) is 33.9 Å². The van der Waals surface area contributed by atoms with E-state index in [1.54, 1.807) is 7.11 Å². The predicted molar refractivity (Wildman–Crippen MR) is 103 cm³/mol. The summed E-state index contributed by atoms with van der Waals surface area (Å²) in [5.74, 6) is 1.85. The maximum atomic E-state index is 5.77. The number of aliphatic imine (C=N–C) groups is 1. The van der Waals surface area contributed by atoms with Gasteiger partial charge in [0.2, 0.25) is 0 Å². The van der Waals surface area contributed by atoms with E-state index in [1.807, 2.05) is 19.2 Å². The minimum atomic E-state index is 0.0984. The average molecular weight is 348 g/mol. The van der Waals surface area contributed by atoms with Crippen LogP contribution in [0.5, 0.6) is 5.75 Å². The van der Waals surface area contributed by atoms with Crippen molar-refractivity contribution < 1.29 is 9.47 Å². The number of hydrogen-bond donors (Lipinski definition) is 1. The fourth-order valence-corrected chi connectivity index (χ4v) is 3.01. The van der Waals surface area contributed by atoms with Crippen LogP contribution in [0.3, 0.4) is 0 Å². The van der Waals surface area contributed by atoms with Crippen molar-refractivity contribution in [2.24, 2.45) is 10.4 Å². The molecule has 5 heteroatoms. The number of hydrogen-bond acceptors (Lipinski definition) is 3. The van der Waals surface area contributed by atoms with Gasteiger partial charge in [-0.25, -0.2) is 0 Å². The summed E-state index contributed by atoms with van der Waals surface area (Å²) in [7, 11) is 3.55. The maximum absolute atomic E-state index is 5.77. The van der Waals surface area contributed by atoms with Crippen LogP contribution < -0.4 is 10.1 Å². The lowest BCUT2D eigenvalue weighted by atomic mass is 9.65. The molecular weight excluding hydrogens is 314 g/mol. The SMILES string of the molecule is CN=C(NCc1cccc(OCCCOC)c1)N1CC(C)(C)C1(C)C. The van der Waals surface area contributed by atoms with E-state index in [2.05, 4.69) is 55.0 Å². The van der Waals surface area contributed by atoms with Crippen LogP contribution >= 0.6 is 0 Å². The van der Waals surface area contributed by atoms with Gasteiger partial charge in [0, 0.05) is 51.2 Å². The predicted octanol–water partition coefficient (Wildman–Crippen LogP) is 3.30. The molecule has 2 rings (SSSR count). The minimum Gasteiger partial charge on any atom is -0.493 e. The molecule has 1 heterocycles. The van der Waals surface area contributed by atoms with Crippen molar-refractivity contribution in [3.8, 4) is 5.75 Å². The van der Waals surface area contributed by atoms with E-state index in [0.29, 0.717) is 12.0 Å². The number of rotatable bonds is 7. The second-order valence-corrected chi connectivity index (χ2v) is 7.77. The highest BCUT2D eigenvalue weighted by Gasteiger charge is 2.53. The third-order valence-corrected chi connectivity index (χ3v) is 5.46. The lowest BCUT2D eigenvalue weighted by Gasteiger charge is -2.62. The quantitative estimate of drug-likeness (QED) is 0.467. The van der Waals surface area contributed by atoms with Crippen molar-refractivity contribution >= 4 is 5.96 Å². The molecule has 1 aromatic rings. The molecule has 0 saturated carbocycles. The highest BCUT2D eigenvalue weighted by Crippen LogP contribution is 2.46. The van der Waals surface area contributed by atoms with E-state index >= 15 is 0 Å². The van der Waals surface area contributed by atoms with Gasteiger partial charge < -0.3 is 19.7 Å². The Morgan fingerprint density at radius 2 is 2.00 bits per heavy atom. The molecule has 0 spiro atoms. The monoisotopic (exact) mass is 347 g/mol. The molecule has 1 aromatic carbocycles. The minimum absolute atomic E-state index is 0.0984. The lowest BCUT2D eigenvalue weighted by molar-refractivity contribution is -0.0667. The van der Waals surface area contributed by atoms with Gasteiger partial charge >= 0.3 is 0 Å². The Kier molecular flexibility index (Phi) is 6.33. The van der Waals surface area contributed by atoms with Crippen molar-refractivity contribution in [1.82, 2.24) is 10.2 Å². The van der Waals surface area contributed by atoms with Gasteiger partial charge in [-0.15, -0.1) is 0 Å². The first kappa shape index (κ1) is 19.6. The summed E-state index contributed by atoms with van der Waals surface area (Å²) in [5.41, 5.74) is 1.57. The molecule has 1 fully saturated rings. The molecular formula is C20H33N3O2. The van der Waals surface area contributed by atoms with Crippen LogP contribution in [0.1, 0.15) is 39.7 Å². The molecule has 0 aromatic heterocycles. The maximum Gasteiger partial charge on any atom is 0.194 e. The van der Waals surface area contributed by atoms with E-state index in [4.69, 9.17) is 9.47 Å². The Hall–Kier alpha value is -1.75. The van der Waals surface area contributed by atoms with Crippen LogP contribution in [-0.4, -0.2) is 50.3 Å². The fourth-order valence-electron chi connectivity index (χ4n) is 3.01.